The van der Waals surface area contributed by atoms with Crippen molar-refractivity contribution in [1.29, 1.82) is 0 Å². The van der Waals surface area contributed by atoms with E-state index in [2.05, 4.69) is 12.2 Å². The quantitative estimate of drug-likeness (QED) is 0.840. The van der Waals surface area contributed by atoms with Gasteiger partial charge in [-0.25, -0.2) is 8.42 Å². The minimum absolute atomic E-state index is 0.00633. The van der Waals surface area contributed by atoms with E-state index in [4.69, 9.17) is 22.3 Å². The van der Waals surface area contributed by atoms with Crippen molar-refractivity contribution in [2.45, 2.75) is 37.1 Å². The van der Waals surface area contributed by atoms with Gasteiger partial charge in [0.25, 0.3) is 15.0 Å². The van der Waals surface area contributed by atoms with Crippen LogP contribution in [0, 0.1) is 5.92 Å². The summed E-state index contributed by atoms with van der Waals surface area (Å²) >= 11 is 5.77. The van der Waals surface area contributed by atoms with Crippen molar-refractivity contribution < 1.29 is 13.2 Å². The topological polar surface area (TPSA) is 63.2 Å². The molecule has 1 N–H and O–H groups in total. The number of hydrogen-bond acceptors (Lipinski definition) is 3. The first-order chi connectivity index (χ1) is 9.32. The molecular formula is C13H15Cl2NO3S. The molecule has 0 aliphatic heterocycles. The van der Waals surface area contributed by atoms with Crippen LogP contribution in [0.1, 0.15) is 36.5 Å². The molecule has 0 bridgehead atoms. The molecule has 2 atom stereocenters. The molecular weight excluding hydrogens is 321 g/mol. The van der Waals surface area contributed by atoms with Crippen LogP contribution in [0.15, 0.2) is 23.1 Å². The number of halogens is 2. The molecule has 1 amide bonds. The lowest BCUT2D eigenvalue weighted by Gasteiger charge is -2.07. The van der Waals surface area contributed by atoms with E-state index in [9.17, 15) is 13.2 Å². The Morgan fingerprint density at radius 2 is 2.15 bits per heavy atom. The van der Waals surface area contributed by atoms with Crippen LogP contribution in [-0.2, 0) is 9.05 Å². The molecule has 0 saturated heterocycles. The fourth-order valence-corrected chi connectivity index (χ4v) is 3.69. The molecule has 0 radical (unpaired) electrons. The Labute approximate surface area is 127 Å². The van der Waals surface area contributed by atoms with E-state index in [0.29, 0.717) is 5.92 Å². The maximum Gasteiger partial charge on any atom is 0.262 e. The number of benzene rings is 1. The predicted octanol–water partition coefficient (Wildman–Crippen LogP) is 3.19. The number of carbonyl (C=O) groups is 1. The average molecular weight is 336 g/mol. The number of rotatable bonds is 5. The normalized spacial score (nSPS) is 21.6. The maximum absolute atomic E-state index is 12.0. The highest BCUT2D eigenvalue weighted by Gasteiger charge is 2.37. The molecule has 7 heteroatoms. The third-order valence-corrected chi connectivity index (χ3v) is 5.16. The van der Waals surface area contributed by atoms with E-state index in [0.717, 1.165) is 19.3 Å². The van der Waals surface area contributed by atoms with E-state index in [1.807, 2.05) is 0 Å². The highest BCUT2D eigenvalue weighted by molar-refractivity contribution is 8.13. The van der Waals surface area contributed by atoms with Crippen LogP contribution < -0.4 is 5.32 Å². The van der Waals surface area contributed by atoms with Crippen molar-refractivity contribution in [2.24, 2.45) is 5.92 Å². The highest BCUT2D eigenvalue weighted by atomic mass is 35.7. The summed E-state index contributed by atoms with van der Waals surface area (Å²) in [4.78, 5) is 11.8. The molecule has 1 fully saturated rings. The molecule has 1 saturated carbocycles. The van der Waals surface area contributed by atoms with Gasteiger partial charge < -0.3 is 5.32 Å². The number of nitrogens with one attached hydrogen (secondary N) is 1. The van der Waals surface area contributed by atoms with Crippen molar-refractivity contribution in [3.63, 3.8) is 0 Å². The number of amides is 1. The van der Waals surface area contributed by atoms with Crippen LogP contribution in [0.3, 0.4) is 0 Å². The lowest BCUT2D eigenvalue weighted by molar-refractivity contribution is 0.0948. The first-order valence-electron chi connectivity index (χ1n) is 6.38. The Bertz CT molecular complexity index is 631. The molecule has 0 heterocycles. The van der Waals surface area contributed by atoms with Gasteiger partial charge in [0.05, 0.1) is 5.02 Å². The standard InChI is InChI=1S/C13H15Cl2NO3S/c1-2-3-8-6-11(8)16-13(17)9-4-5-10(14)12(7-9)20(15,18)19/h4-5,7-8,11H,2-3,6H2,1H3,(H,16,17). The van der Waals surface area contributed by atoms with Gasteiger partial charge in [0.15, 0.2) is 0 Å². The molecule has 1 aliphatic carbocycles. The largest absolute Gasteiger partial charge is 0.349 e. The summed E-state index contributed by atoms with van der Waals surface area (Å²) in [7, 11) is 1.32. The Morgan fingerprint density at radius 1 is 1.45 bits per heavy atom. The second kappa shape index (κ2) is 5.92. The van der Waals surface area contributed by atoms with Crippen molar-refractivity contribution in [2.75, 3.05) is 0 Å². The molecule has 1 aliphatic rings. The van der Waals surface area contributed by atoms with Crippen molar-refractivity contribution in [3.05, 3.63) is 28.8 Å². The van der Waals surface area contributed by atoms with E-state index in [1.54, 1.807) is 0 Å². The van der Waals surface area contributed by atoms with Crippen LogP contribution in [0.25, 0.3) is 0 Å². The van der Waals surface area contributed by atoms with Gasteiger partial charge in [0.2, 0.25) is 0 Å². The zero-order valence-corrected chi connectivity index (χ0v) is 13.2. The van der Waals surface area contributed by atoms with Crippen LogP contribution in [0.2, 0.25) is 5.02 Å². The summed E-state index contributed by atoms with van der Waals surface area (Å²) < 4.78 is 22.7. The molecule has 2 unspecified atom stereocenters. The fraction of sp³-hybridized carbons (Fsp3) is 0.462. The first-order valence-corrected chi connectivity index (χ1v) is 9.06. The third kappa shape index (κ3) is 3.65. The van der Waals surface area contributed by atoms with E-state index in [1.165, 1.54) is 18.2 Å². The van der Waals surface area contributed by atoms with Gasteiger partial charge in [-0.1, -0.05) is 24.9 Å². The Morgan fingerprint density at radius 3 is 2.75 bits per heavy atom. The summed E-state index contributed by atoms with van der Waals surface area (Å²) in [6.45, 7) is 2.11. The van der Waals surface area contributed by atoms with Crippen LogP contribution in [0.5, 0.6) is 0 Å². The summed E-state index contributed by atoms with van der Waals surface area (Å²) in [5, 5.41) is 2.89. The molecule has 20 heavy (non-hydrogen) atoms. The average Bonchev–Trinajstić information content (AvgIpc) is 3.06. The predicted molar refractivity (Wildman–Crippen MR) is 78.8 cm³/mol. The van der Waals surface area contributed by atoms with Gasteiger partial charge in [-0.2, -0.15) is 0 Å². The number of carbonyl (C=O) groups excluding carboxylic acids is 1. The van der Waals surface area contributed by atoms with Crippen molar-refractivity contribution in [1.82, 2.24) is 5.32 Å². The van der Waals surface area contributed by atoms with Crippen LogP contribution in [-0.4, -0.2) is 20.4 Å². The summed E-state index contributed by atoms with van der Waals surface area (Å²) in [5.41, 5.74) is 0.246. The lowest BCUT2D eigenvalue weighted by atomic mass is 10.2. The second-order valence-corrected chi connectivity index (χ2v) is 7.89. The smallest absolute Gasteiger partial charge is 0.262 e. The van der Waals surface area contributed by atoms with Crippen LogP contribution in [0.4, 0.5) is 0 Å². The third-order valence-electron chi connectivity index (χ3n) is 3.35. The lowest BCUT2D eigenvalue weighted by Crippen LogP contribution is -2.27. The Balaban J connectivity index is 2.12. The van der Waals surface area contributed by atoms with E-state index < -0.39 is 9.05 Å². The Kier molecular flexibility index (Phi) is 4.62. The fourth-order valence-electron chi connectivity index (χ4n) is 2.20. The van der Waals surface area contributed by atoms with Gasteiger partial charge >= 0.3 is 0 Å². The molecule has 4 nitrogen and oxygen atoms in total. The zero-order chi connectivity index (χ0) is 14.9. The van der Waals surface area contributed by atoms with Crippen molar-refractivity contribution in [3.8, 4) is 0 Å². The van der Waals surface area contributed by atoms with Crippen LogP contribution >= 0.6 is 22.3 Å². The maximum atomic E-state index is 12.0. The van der Waals surface area contributed by atoms with Gasteiger partial charge in [0, 0.05) is 22.3 Å². The monoisotopic (exact) mass is 335 g/mol. The second-order valence-electron chi connectivity index (χ2n) is 4.95. The van der Waals surface area contributed by atoms with Gasteiger partial charge in [-0.15, -0.1) is 0 Å². The zero-order valence-electron chi connectivity index (χ0n) is 10.9. The SMILES string of the molecule is CCCC1CC1NC(=O)c1ccc(Cl)c(S(=O)(=O)Cl)c1. The molecule has 2 rings (SSSR count). The summed E-state index contributed by atoms with van der Waals surface area (Å²) in [5.74, 6) is 0.235. The first kappa shape index (κ1) is 15.6. The van der Waals surface area contributed by atoms with Gasteiger partial charge in [0.1, 0.15) is 4.90 Å². The Hall–Kier alpha value is -0.780. The summed E-state index contributed by atoms with van der Waals surface area (Å²) in [6.07, 6.45) is 3.16. The molecule has 110 valence electrons. The molecule has 1 aromatic rings. The number of hydrogen-bond donors (Lipinski definition) is 1. The minimum atomic E-state index is -3.96. The molecule has 0 spiro atoms. The molecule has 0 aromatic heterocycles. The van der Waals surface area contributed by atoms with E-state index >= 15 is 0 Å². The highest BCUT2D eigenvalue weighted by Crippen LogP contribution is 2.35. The van der Waals surface area contributed by atoms with Gasteiger partial charge in [-0.05, 0) is 37.0 Å². The van der Waals surface area contributed by atoms with Gasteiger partial charge in [-0.3, -0.25) is 4.79 Å². The minimum Gasteiger partial charge on any atom is -0.349 e. The van der Waals surface area contributed by atoms with Crippen molar-refractivity contribution >= 4 is 37.2 Å². The van der Waals surface area contributed by atoms with E-state index in [-0.39, 0.29) is 27.4 Å². The molecule has 1 aromatic carbocycles. The summed E-state index contributed by atoms with van der Waals surface area (Å²) in [6, 6.07) is 4.24.